The molecule has 1 aromatic heterocycles. The van der Waals surface area contributed by atoms with E-state index in [1.165, 1.54) is 0 Å². The van der Waals surface area contributed by atoms with Crippen LogP contribution in [-0.4, -0.2) is 27.4 Å². The number of amides is 1. The number of carbonyl (C=O) groups is 2. The van der Waals surface area contributed by atoms with E-state index in [2.05, 4.69) is 15.5 Å². The van der Waals surface area contributed by atoms with Gasteiger partial charge < -0.3 is 9.84 Å². The number of hydrogen-bond donors (Lipinski definition) is 3. The van der Waals surface area contributed by atoms with Crippen LogP contribution in [0.15, 0.2) is 30.3 Å². The van der Waals surface area contributed by atoms with Crippen molar-refractivity contribution in [2.75, 3.05) is 5.32 Å². The number of carboxylic acids is 1. The smallest absolute Gasteiger partial charge is 0.413 e. The predicted octanol–water partition coefficient (Wildman–Crippen LogP) is 2.73. The molecule has 1 aliphatic rings. The first kappa shape index (κ1) is 14.1. The average Bonchev–Trinajstić information content (AvgIpc) is 3.27. The second-order valence-electron chi connectivity index (χ2n) is 5.13. The van der Waals surface area contributed by atoms with Crippen molar-refractivity contribution in [3.63, 3.8) is 0 Å². The summed E-state index contributed by atoms with van der Waals surface area (Å²) in [5.41, 5.74) is 1.44. The normalized spacial score (nSPS) is 13.6. The summed E-state index contributed by atoms with van der Waals surface area (Å²) in [4.78, 5) is 23.0. The molecular formula is C15H15N3O4. The SMILES string of the molecule is O=C(Nc1n[nH]c(C(=O)O)c1C1CC1)OCc1ccccc1. The molecular weight excluding hydrogens is 286 g/mol. The van der Waals surface area contributed by atoms with Crippen LogP contribution in [-0.2, 0) is 11.3 Å². The quantitative estimate of drug-likeness (QED) is 0.787. The van der Waals surface area contributed by atoms with Crippen molar-refractivity contribution in [3.05, 3.63) is 47.2 Å². The molecule has 1 saturated carbocycles. The number of aromatic amines is 1. The summed E-state index contributed by atoms with van der Waals surface area (Å²) in [6.45, 7) is 0.141. The molecule has 0 radical (unpaired) electrons. The fourth-order valence-electron chi connectivity index (χ4n) is 2.23. The van der Waals surface area contributed by atoms with Crippen molar-refractivity contribution in [1.82, 2.24) is 10.2 Å². The molecule has 1 fully saturated rings. The maximum atomic E-state index is 11.8. The van der Waals surface area contributed by atoms with Gasteiger partial charge >= 0.3 is 12.1 Å². The average molecular weight is 301 g/mol. The largest absolute Gasteiger partial charge is 0.477 e. The number of nitrogens with zero attached hydrogens (tertiary/aromatic N) is 1. The highest BCUT2D eigenvalue weighted by Gasteiger charge is 2.33. The zero-order chi connectivity index (χ0) is 15.5. The Labute approximate surface area is 126 Å². The highest BCUT2D eigenvalue weighted by atomic mass is 16.5. The number of hydrogen-bond acceptors (Lipinski definition) is 4. The van der Waals surface area contributed by atoms with Crippen LogP contribution in [0.1, 0.15) is 40.4 Å². The molecule has 0 unspecified atom stereocenters. The van der Waals surface area contributed by atoms with E-state index in [9.17, 15) is 9.59 Å². The van der Waals surface area contributed by atoms with Crippen molar-refractivity contribution in [1.29, 1.82) is 0 Å². The van der Waals surface area contributed by atoms with Crippen LogP contribution in [0.3, 0.4) is 0 Å². The molecule has 0 atom stereocenters. The summed E-state index contributed by atoms with van der Waals surface area (Å²) in [5.74, 6) is -0.715. The number of aromatic nitrogens is 2. The van der Waals surface area contributed by atoms with Gasteiger partial charge in [-0.1, -0.05) is 30.3 Å². The number of anilines is 1. The molecule has 7 nitrogen and oxygen atoms in total. The Morgan fingerprint density at radius 3 is 2.68 bits per heavy atom. The van der Waals surface area contributed by atoms with E-state index < -0.39 is 12.1 Å². The molecule has 22 heavy (non-hydrogen) atoms. The zero-order valence-corrected chi connectivity index (χ0v) is 11.7. The van der Waals surface area contributed by atoms with E-state index >= 15 is 0 Å². The third-order valence-corrected chi connectivity index (χ3v) is 3.44. The van der Waals surface area contributed by atoms with Crippen LogP contribution < -0.4 is 5.32 Å². The van der Waals surface area contributed by atoms with Crippen LogP contribution in [0, 0.1) is 0 Å². The molecule has 0 aliphatic heterocycles. The third kappa shape index (κ3) is 3.08. The molecule has 0 spiro atoms. The minimum absolute atomic E-state index is 0.0286. The Hall–Kier alpha value is -2.83. The number of ether oxygens (including phenoxy) is 1. The highest BCUT2D eigenvalue weighted by molar-refractivity contribution is 5.92. The van der Waals surface area contributed by atoms with Crippen LogP contribution >= 0.6 is 0 Å². The maximum Gasteiger partial charge on any atom is 0.413 e. The summed E-state index contributed by atoms with van der Waals surface area (Å²) in [5, 5.41) is 18.0. The second-order valence-corrected chi connectivity index (χ2v) is 5.13. The van der Waals surface area contributed by atoms with E-state index in [1.807, 2.05) is 30.3 Å². The lowest BCUT2D eigenvalue weighted by molar-refractivity contribution is 0.0689. The van der Waals surface area contributed by atoms with Gasteiger partial charge in [0.1, 0.15) is 12.3 Å². The number of carbonyl (C=O) groups excluding carboxylic acids is 1. The van der Waals surface area contributed by atoms with Gasteiger partial charge in [0.15, 0.2) is 5.82 Å². The van der Waals surface area contributed by atoms with E-state index in [0.717, 1.165) is 18.4 Å². The van der Waals surface area contributed by atoms with Crippen molar-refractivity contribution in [3.8, 4) is 0 Å². The predicted molar refractivity (Wildman–Crippen MR) is 77.8 cm³/mol. The van der Waals surface area contributed by atoms with Gasteiger partial charge in [-0.3, -0.25) is 10.4 Å². The number of nitrogens with one attached hydrogen (secondary N) is 2. The Morgan fingerprint density at radius 2 is 2.05 bits per heavy atom. The van der Waals surface area contributed by atoms with E-state index in [1.54, 1.807) is 0 Å². The molecule has 3 rings (SSSR count). The Balaban J connectivity index is 1.65. The van der Waals surface area contributed by atoms with Gasteiger partial charge in [0.25, 0.3) is 0 Å². The molecule has 3 N–H and O–H groups in total. The summed E-state index contributed by atoms with van der Waals surface area (Å²) < 4.78 is 5.11. The van der Waals surface area contributed by atoms with E-state index in [-0.39, 0.29) is 24.0 Å². The van der Waals surface area contributed by atoms with Gasteiger partial charge in [-0.25, -0.2) is 9.59 Å². The molecule has 0 bridgehead atoms. The third-order valence-electron chi connectivity index (χ3n) is 3.44. The summed E-state index contributed by atoms with van der Waals surface area (Å²) in [6.07, 6.45) is 1.13. The molecule has 2 aromatic rings. The van der Waals surface area contributed by atoms with Crippen molar-refractivity contribution >= 4 is 17.9 Å². The highest BCUT2D eigenvalue weighted by Crippen LogP contribution is 2.44. The second kappa shape index (κ2) is 5.88. The molecule has 0 saturated heterocycles. The first-order chi connectivity index (χ1) is 10.6. The van der Waals surface area contributed by atoms with E-state index in [0.29, 0.717) is 5.56 Å². The van der Waals surface area contributed by atoms with Gasteiger partial charge in [-0.05, 0) is 24.3 Å². The molecule has 1 amide bonds. The lowest BCUT2D eigenvalue weighted by atomic mass is 10.1. The first-order valence-electron chi connectivity index (χ1n) is 6.94. The Morgan fingerprint density at radius 1 is 1.32 bits per heavy atom. The molecule has 1 heterocycles. The monoisotopic (exact) mass is 301 g/mol. The Bertz CT molecular complexity index is 692. The Kier molecular flexibility index (Phi) is 3.78. The number of aromatic carboxylic acids is 1. The summed E-state index contributed by atoms with van der Waals surface area (Å²) in [7, 11) is 0. The summed E-state index contributed by atoms with van der Waals surface area (Å²) >= 11 is 0. The number of carboxylic acid groups (broad SMARTS) is 1. The minimum Gasteiger partial charge on any atom is -0.477 e. The number of rotatable bonds is 5. The number of benzene rings is 1. The van der Waals surface area contributed by atoms with Gasteiger partial charge in [0, 0.05) is 5.56 Å². The van der Waals surface area contributed by atoms with Gasteiger partial charge in [0.2, 0.25) is 0 Å². The van der Waals surface area contributed by atoms with Crippen LogP contribution in [0.4, 0.5) is 10.6 Å². The van der Waals surface area contributed by atoms with Gasteiger partial charge in [-0.15, -0.1) is 0 Å². The fraction of sp³-hybridized carbons (Fsp3) is 0.267. The zero-order valence-electron chi connectivity index (χ0n) is 11.7. The maximum absolute atomic E-state index is 11.8. The number of H-pyrrole nitrogens is 1. The minimum atomic E-state index is -1.08. The van der Waals surface area contributed by atoms with Crippen molar-refractivity contribution in [2.24, 2.45) is 0 Å². The fourth-order valence-corrected chi connectivity index (χ4v) is 2.23. The molecule has 1 aliphatic carbocycles. The topological polar surface area (TPSA) is 104 Å². The van der Waals surface area contributed by atoms with Crippen LogP contribution in [0.5, 0.6) is 0 Å². The van der Waals surface area contributed by atoms with Crippen LogP contribution in [0.2, 0.25) is 0 Å². The molecule has 1 aromatic carbocycles. The van der Waals surface area contributed by atoms with E-state index in [4.69, 9.17) is 9.84 Å². The lowest BCUT2D eigenvalue weighted by Crippen LogP contribution is -2.15. The standard InChI is InChI=1S/C15H15N3O4/c19-14(20)12-11(10-6-7-10)13(18-17-12)16-15(21)22-8-9-4-2-1-3-5-9/h1-5,10H,6-8H2,(H,19,20)(H2,16,17,18,21). The van der Waals surface area contributed by atoms with Crippen molar-refractivity contribution < 1.29 is 19.4 Å². The lowest BCUT2D eigenvalue weighted by Gasteiger charge is -2.06. The molecule has 7 heteroatoms. The molecule has 114 valence electrons. The van der Waals surface area contributed by atoms with Gasteiger partial charge in [-0.2, -0.15) is 5.10 Å². The van der Waals surface area contributed by atoms with Gasteiger partial charge in [0.05, 0.1) is 0 Å². The van der Waals surface area contributed by atoms with Crippen molar-refractivity contribution in [2.45, 2.75) is 25.4 Å². The van der Waals surface area contributed by atoms with Crippen LogP contribution in [0.25, 0.3) is 0 Å². The first-order valence-corrected chi connectivity index (χ1v) is 6.94. The summed E-state index contributed by atoms with van der Waals surface area (Å²) in [6, 6.07) is 9.28.